The number of benzene rings is 2. The molecule has 0 spiro atoms. The van der Waals surface area contributed by atoms with Gasteiger partial charge in [-0.2, -0.15) is 0 Å². The minimum Gasteiger partial charge on any atom is -0.300 e. The van der Waals surface area contributed by atoms with E-state index in [0.29, 0.717) is 24.8 Å². The molecule has 144 valence electrons. The van der Waals surface area contributed by atoms with Gasteiger partial charge in [-0.1, -0.05) is 30.3 Å². The first-order valence-electron chi connectivity index (χ1n) is 9.38. The lowest BCUT2D eigenvalue weighted by Crippen LogP contribution is -2.04. The number of carbonyl (C=O) groups excluding carboxylic acids is 2. The Balaban J connectivity index is 1.41. The molecule has 0 saturated heterocycles. The highest BCUT2D eigenvalue weighted by atomic mass is 32.1. The standard InChI is InChI=1S/C23H22FNO2S/c24-19-11-9-18(10-12-19)22(27)15-23-25-20(16-28-23)13-14-21(26)8-4-7-17-5-2-1-3-6-17/h1-3,5-6,9-12,16H,4,7-8,13-15H2. The summed E-state index contributed by atoms with van der Waals surface area (Å²) in [5, 5.41) is 2.63. The van der Waals surface area contributed by atoms with Crippen molar-refractivity contribution in [2.45, 2.75) is 38.5 Å². The number of ketones is 2. The van der Waals surface area contributed by atoms with Crippen LogP contribution in [0.5, 0.6) is 0 Å². The lowest BCUT2D eigenvalue weighted by molar-refractivity contribution is -0.119. The van der Waals surface area contributed by atoms with Crippen LogP contribution in [0.2, 0.25) is 0 Å². The Morgan fingerprint density at radius 1 is 0.929 bits per heavy atom. The van der Waals surface area contributed by atoms with Crippen LogP contribution >= 0.6 is 11.3 Å². The molecule has 0 bridgehead atoms. The minimum atomic E-state index is -0.360. The number of Topliss-reactive ketones (excluding diaryl/α,β-unsaturated/α-hetero) is 2. The summed E-state index contributed by atoms with van der Waals surface area (Å²) in [4.78, 5) is 28.8. The zero-order valence-corrected chi connectivity index (χ0v) is 16.4. The number of carbonyl (C=O) groups is 2. The predicted octanol–water partition coefficient (Wildman–Crippen LogP) is 5.23. The minimum absolute atomic E-state index is 0.0853. The Hall–Kier alpha value is -2.66. The van der Waals surface area contributed by atoms with Gasteiger partial charge in [-0.3, -0.25) is 9.59 Å². The normalized spacial score (nSPS) is 10.8. The van der Waals surface area contributed by atoms with Crippen molar-refractivity contribution in [3.05, 3.63) is 87.6 Å². The molecule has 1 heterocycles. The molecule has 3 rings (SSSR count). The predicted molar refractivity (Wildman–Crippen MR) is 109 cm³/mol. The van der Waals surface area contributed by atoms with Gasteiger partial charge in [0.15, 0.2) is 5.78 Å². The molecule has 1 aromatic heterocycles. The Morgan fingerprint density at radius 3 is 2.43 bits per heavy atom. The van der Waals surface area contributed by atoms with Gasteiger partial charge in [-0.15, -0.1) is 11.3 Å². The molecule has 28 heavy (non-hydrogen) atoms. The van der Waals surface area contributed by atoms with Crippen LogP contribution < -0.4 is 0 Å². The van der Waals surface area contributed by atoms with Crippen molar-refractivity contribution in [1.82, 2.24) is 4.98 Å². The summed E-state index contributed by atoms with van der Waals surface area (Å²) in [5.74, 6) is -0.202. The molecular weight excluding hydrogens is 373 g/mol. The van der Waals surface area contributed by atoms with Crippen LogP contribution in [0.15, 0.2) is 60.0 Å². The molecule has 5 heteroatoms. The molecule has 3 aromatic rings. The SMILES string of the molecule is O=C(CCCc1ccccc1)CCc1csc(CC(=O)c2ccc(F)cc2)n1. The highest BCUT2D eigenvalue weighted by Crippen LogP contribution is 2.16. The quantitative estimate of drug-likeness (QED) is 0.442. The molecule has 2 aromatic carbocycles. The molecular formula is C23H22FNO2S. The smallest absolute Gasteiger partial charge is 0.169 e. The third-order valence-electron chi connectivity index (χ3n) is 4.50. The van der Waals surface area contributed by atoms with Crippen LogP contribution in [0.4, 0.5) is 4.39 Å². The third kappa shape index (κ3) is 6.20. The van der Waals surface area contributed by atoms with Crippen LogP contribution in [0.1, 0.15) is 45.9 Å². The molecule has 0 saturated carbocycles. The first-order valence-corrected chi connectivity index (χ1v) is 10.3. The largest absolute Gasteiger partial charge is 0.300 e. The number of hydrogen-bond acceptors (Lipinski definition) is 4. The first-order chi connectivity index (χ1) is 13.6. The summed E-state index contributed by atoms with van der Waals surface area (Å²) in [7, 11) is 0. The van der Waals surface area contributed by atoms with Crippen molar-refractivity contribution in [3.8, 4) is 0 Å². The maximum Gasteiger partial charge on any atom is 0.169 e. The second-order valence-electron chi connectivity index (χ2n) is 6.72. The van der Waals surface area contributed by atoms with Gasteiger partial charge in [-0.25, -0.2) is 9.37 Å². The molecule has 3 nitrogen and oxygen atoms in total. The van der Waals surface area contributed by atoms with Gasteiger partial charge >= 0.3 is 0 Å². The van der Waals surface area contributed by atoms with E-state index in [9.17, 15) is 14.0 Å². The van der Waals surface area contributed by atoms with Gasteiger partial charge in [-0.05, 0) is 49.1 Å². The van der Waals surface area contributed by atoms with Crippen molar-refractivity contribution in [2.75, 3.05) is 0 Å². The van der Waals surface area contributed by atoms with Crippen LogP contribution in [0, 0.1) is 5.82 Å². The third-order valence-corrected chi connectivity index (χ3v) is 5.40. The van der Waals surface area contributed by atoms with E-state index in [0.717, 1.165) is 23.5 Å². The van der Waals surface area contributed by atoms with Gasteiger partial charge in [0.25, 0.3) is 0 Å². The Morgan fingerprint density at radius 2 is 1.68 bits per heavy atom. The van der Waals surface area contributed by atoms with E-state index in [1.807, 2.05) is 23.6 Å². The summed E-state index contributed by atoms with van der Waals surface area (Å²) in [6.45, 7) is 0. The maximum absolute atomic E-state index is 12.9. The highest BCUT2D eigenvalue weighted by Gasteiger charge is 2.11. The van der Waals surface area contributed by atoms with Gasteiger partial charge in [0, 0.05) is 23.8 Å². The summed E-state index contributed by atoms with van der Waals surface area (Å²) < 4.78 is 12.9. The van der Waals surface area contributed by atoms with Gasteiger partial charge < -0.3 is 0 Å². The zero-order valence-electron chi connectivity index (χ0n) is 15.6. The summed E-state index contributed by atoms with van der Waals surface area (Å²) in [5.41, 5.74) is 2.58. The van der Waals surface area contributed by atoms with Gasteiger partial charge in [0.05, 0.1) is 12.1 Å². The Kier molecular flexibility index (Phi) is 7.20. The van der Waals surface area contributed by atoms with Gasteiger partial charge in [0.2, 0.25) is 0 Å². The van der Waals surface area contributed by atoms with E-state index in [1.165, 1.54) is 41.2 Å². The Labute approximate surface area is 168 Å². The average molecular weight is 395 g/mol. The number of nitrogens with zero attached hydrogens (tertiary/aromatic N) is 1. The molecule has 0 N–H and O–H groups in total. The monoisotopic (exact) mass is 395 g/mol. The lowest BCUT2D eigenvalue weighted by atomic mass is 10.0. The lowest BCUT2D eigenvalue weighted by Gasteiger charge is -2.01. The van der Waals surface area contributed by atoms with E-state index in [1.54, 1.807) is 0 Å². The fraction of sp³-hybridized carbons (Fsp3) is 0.261. The number of aromatic nitrogens is 1. The van der Waals surface area contributed by atoms with E-state index in [-0.39, 0.29) is 23.8 Å². The van der Waals surface area contributed by atoms with Crippen molar-refractivity contribution in [1.29, 1.82) is 0 Å². The molecule has 0 aliphatic rings. The number of rotatable bonds is 10. The van der Waals surface area contributed by atoms with Crippen molar-refractivity contribution in [3.63, 3.8) is 0 Å². The average Bonchev–Trinajstić information content (AvgIpc) is 3.15. The zero-order chi connectivity index (χ0) is 19.8. The fourth-order valence-corrected chi connectivity index (χ4v) is 3.77. The summed E-state index contributed by atoms with van der Waals surface area (Å²) in [6, 6.07) is 15.7. The first kappa shape index (κ1) is 20.1. The number of halogens is 1. The number of thiazole rings is 1. The van der Waals surface area contributed by atoms with Crippen LogP contribution in [0.3, 0.4) is 0 Å². The van der Waals surface area contributed by atoms with Crippen molar-refractivity contribution < 1.29 is 14.0 Å². The van der Waals surface area contributed by atoms with E-state index in [4.69, 9.17) is 0 Å². The molecule has 0 radical (unpaired) electrons. The molecule has 0 atom stereocenters. The number of hydrogen-bond donors (Lipinski definition) is 0. The van der Waals surface area contributed by atoms with Crippen molar-refractivity contribution in [2.24, 2.45) is 0 Å². The van der Waals surface area contributed by atoms with Gasteiger partial charge in [0.1, 0.15) is 16.6 Å². The fourth-order valence-electron chi connectivity index (χ4n) is 2.95. The van der Waals surface area contributed by atoms with Crippen LogP contribution in [-0.2, 0) is 24.1 Å². The molecule has 0 fully saturated rings. The van der Waals surface area contributed by atoms with Crippen LogP contribution in [-0.4, -0.2) is 16.6 Å². The molecule has 0 aliphatic carbocycles. The van der Waals surface area contributed by atoms with Crippen LogP contribution in [0.25, 0.3) is 0 Å². The summed E-state index contributed by atoms with van der Waals surface area (Å²) in [6.07, 6.45) is 3.63. The highest BCUT2D eigenvalue weighted by molar-refractivity contribution is 7.09. The second-order valence-corrected chi connectivity index (χ2v) is 7.66. The van der Waals surface area contributed by atoms with Crippen molar-refractivity contribution >= 4 is 22.9 Å². The second kappa shape index (κ2) is 10.0. The topological polar surface area (TPSA) is 47.0 Å². The van der Waals surface area contributed by atoms with E-state index in [2.05, 4.69) is 17.1 Å². The summed E-state index contributed by atoms with van der Waals surface area (Å²) >= 11 is 1.43. The molecule has 0 unspecified atom stereocenters. The molecule has 0 amide bonds. The maximum atomic E-state index is 12.9. The Bertz CT molecular complexity index is 919. The van der Waals surface area contributed by atoms with E-state index >= 15 is 0 Å². The molecule has 0 aliphatic heterocycles. The number of aryl methyl sites for hydroxylation is 2. The van der Waals surface area contributed by atoms with E-state index < -0.39 is 0 Å².